The molecule has 1 aromatic heterocycles. The highest BCUT2D eigenvalue weighted by Gasteiger charge is 2.27. The molecular formula is C17H23N5O. The Labute approximate surface area is 136 Å². The maximum absolute atomic E-state index is 12.3. The number of amides is 1. The smallest absolute Gasteiger partial charge is 0.243 e. The fourth-order valence-corrected chi connectivity index (χ4v) is 2.88. The van der Waals surface area contributed by atoms with E-state index >= 15 is 0 Å². The normalized spacial score (nSPS) is 16.7. The minimum atomic E-state index is -0.336. The molecule has 1 aliphatic heterocycles. The summed E-state index contributed by atoms with van der Waals surface area (Å²) in [6.07, 6.45) is 3.45. The quantitative estimate of drug-likeness (QED) is 0.702. The average molecular weight is 313 g/mol. The number of hydrogen-bond acceptors (Lipinski definition) is 4. The topological polar surface area (TPSA) is 73.1 Å². The van der Waals surface area contributed by atoms with Crippen molar-refractivity contribution >= 4 is 11.6 Å². The van der Waals surface area contributed by atoms with Gasteiger partial charge in [0.15, 0.2) is 0 Å². The Morgan fingerprint density at radius 3 is 3.04 bits per heavy atom. The van der Waals surface area contributed by atoms with Crippen molar-refractivity contribution in [3.8, 4) is 0 Å². The van der Waals surface area contributed by atoms with Gasteiger partial charge in [-0.25, -0.2) is 4.98 Å². The third kappa shape index (κ3) is 3.71. The lowest BCUT2D eigenvalue weighted by Crippen LogP contribution is -2.42. The van der Waals surface area contributed by atoms with E-state index in [2.05, 4.69) is 44.7 Å². The van der Waals surface area contributed by atoms with Crippen molar-refractivity contribution in [1.29, 1.82) is 0 Å². The predicted octanol–water partition coefficient (Wildman–Crippen LogP) is 1.24. The van der Waals surface area contributed by atoms with E-state index in [4.69, 9.17) is 0 Å². The Morgan fingerprint density at radius 1 is 1.39 bits per heavy atom. The molecule has 3 rings (SSSR count). The summed E-state index contributed by atoms with van der Waals surface area (Å²) in [6.45, 7) is 2.36. The van der Waals surface area contributed by atoms with Crippen LogP contribution in [0.4, 0.5) is 5.69 Å². The van der Waals surface area contributed by atoms with Gasteiger partial charge in [0, 0.05) is 44.5 Å². The molecule has 122 valence electrons. The summed E-state index contributed by atoms with van der Waals surface area (Å²) in [5, 5.41) is 6.24. The zero-order valence-electron chi connectivity index (χ0n) is 13.4. The van der Waals surface area contributed by atoms with Gasteiger partial charge in [-0.1, -0.05) is 18.2 Å². The van der Waals surface area contributed by atoms with Gasteiger partial charge in [0.25, 0.3) is 0 Å². The van der Waals surface area contributed by atoms with Crippen molar-refractivity contribution in [3.63, 3.8) is 0 Å². The summed E-state index contributed by atoms with van der Waals surface area (Å²) in [7, 11) is 2.07. The van der Waals surface area contributed by atoms with Crippen molar-refractivity contribution in [1.82, 2.24) is 20.6 Å². The summed E-state index contributed by atoms with van der Waals surface area (Å²) in [4.78, 5) is 21.9. The Morgan fingerprint density at radius 2 is 2.22 bits per heavy atom. The van der Waals surface area contributed by atoms with E-state index in [9.17, 15) is 4.79 Å². The van der Waals surface area contributed by atoms with Crippen LogP contribution >= 0.6 is 0 Å². The molecule has 1 aromatic carbocycles. The van der Waals surface area contributed by atoms with Crippen LogP contribution in [0.3, 0.4) is 0 Å². The summed E-state index contributed by atoms with van der Waals surface area (Å²) in [5.74, 6) is 0.000383. The monoisotopic (exact) mass is 313 g/mol. The van der Waals surface area contributed by atoms with Gasteiger partial charge >= 0.3 is 0 Å². The van der Waals surface area contributed by atoms with E-state index in [1.165, 1.54) is 5.69 Å². The first-order valence-electron chi connectivity index (χ1n) is 8.05. The number of hydrogen-bond donors (Lipinski definition) is 3. The number of anilines is 1. The van der Waals surface area contributed by atoms with E-state index in [0.717, 1.165) is 37.3 Å². The molecule has 6 heteroatoms. The molecule has 0 saturated carbocycles. The van der Waals surface area contributed by atoms with Gasteiger partial charge in [0.05, 0.1) is 12.0 Å². The molecule has 23 heavy (non-hydrogen) atoms. The maximum atomic E-state index is 12.3. The molecule has 1 amide bonds. The molecule has 3 N–H and O–H groups in total. The van der Waals surface area contributed by atoms with E-state index < -0.39 is 0 Å². The highest BCUT2D eigenvalue weighted by Crippen LogP contribution is 2.19. The molecule has 2 aromatic rings. The largest absolute Gasteiger partial charge is 0.375 e. The van der Waals surface area contributed by atoms with Gasteiger partial charge in [-0.05, 0) is 18.6 Å². The van der Waals surface area contributed by atoms with Crippen molar-refractivity contribution in [2.24, 2.45) is 0 Å². The van der Waals surface area contributed by atoms with Gasteiger partial charge in [0.2, 0.25) is 5.91 Å². The molecule has 0 spiro atoms. The number of benzene rings is 1. The molecule has 6 nitrogen and oxygen atoms in total. The fourth-order valence-electron chi connectivity index (χ4n) is 2.88. The Balaban J connectivity index is 1.44. The number of nitrogens with one attached hydrogen (secondary N) is 3. The highest BCUT2D eigenvalue weighted by atomic mass is 16.2. The van der Waals surface area contributed by atoms with Crippen LogP contribution in [0, 0.1) is 0 Å². The second-order valence-corrected chi connectivity index (χ2v) is 5.81. The summed E-state index contributed by atoms with van der Waals surface area (Å²) >= 11 is 0. The van der Waals surface area contributed by atoms with Crippen molar-refractivity contribution in [3.05, 3.63) is 48.0 Å². The van der Waals surface area contributed by atoms with Gasteiger partial charge < -0.3 is 20.5 Å². The summed E-state index contributed by atoms with van der Waals surface area (Å²) in [5.41, 5.74) is 3.08. The van der Waals surface area contributed by atoms with E-state index in [0.29, 0.717) is 6.54 Å². The van der Waals surface area contributed by atoms with Crippen molar-refractivity contribution in [2.45, 2.75) is 18.9 Å². The van der Waals surface area contributed by atoms with Gasteiger partial charge in [-0.3, -0.25) is 4.79 Å². The zero-order chi connectivity index (χ0) is 16.1. The van der Waals surface area contributed by atoms with Gasteiger partial charge in [-0.15, -0.1) is 0 Å². The zero-order valence-corrected chi connectivity index (χ0v) is 13.4. The number of nitrogens with zero attached hydrogens (tertiary/aromatic N) is 2. The Kier molecular flexibility index (Phi) is 4.92. The van der Waals surface area contributed by atoms with E-state index in [1.54, 1.807) is 6.33 Å². The fraction of sp³-hybridized carbons (Fsp3) is 0.412. The molecule has 0 aliphatic carbocycles. The van der Waals surface area contributed by atoms with Gasteiger partial charge in [-0.2, -0.15) is 0 Å². The molecule has 0 fully saturated rings. The molecule has 0 bridgehead atoms. The highest BCUT2D eigenvalue weighted by molar-refractivity contribution is 5.83. The second kappa shape index (κ2) is 7.28. The molecule has 1 aliphatic rings. The molecular weight excluding hydrogens is 290 g/mol. The lowest BCUT2D eigenvalue weighted by molar-refractivity contribution is -0.123. The number of imidazole rings is 1. The first-order valence-corrected chi connectivity index (χ1v) is 8.05. The lowest BCUT2D eigenvalue weighted by atomic mass is 10.1. The molecule has 2 heterocycles. The standard InChI is InChI=1S/C17H23N5O/c1-22(13-6-3-2-4-7-13)11-5-9-19-17(23)16-15-14(8-10-18-16)20-12-21-15/h2-4,6-7,12,16,18H,5,8-11H2,1H3,(H,19,23)(H,20,21)/t16-/m1/s1. The van der Waals surface area contributed by atoms with Crippen molar-refractivity contribution < 1.29 is 4.79 Å². The lowest BCUT2D eigenvalue weighted by Gasteiger charge is -2.23. The number of aromatic nitrogens is 2. The summed E-state index contributed by atoms with van der Waals surface area (Å²) < 4.78 is 0. The van der Waals surface area contributed by atoms with Crippen LogP contribution in [0.25, 0.3) is 0 Å². The SMILES string of the molecule is CN(CCCNC(=O)[C@@H]1NCCc2[nH]cnc21)c1ccccc1. The Hall–Kier alpha value is -2.34. The first-order chi connectivity index (χ1) is 11.3. The molecule has 0 saturated heterocycles. The molecule has 1 atom stereocenters. The second-order valence-electron chi connectivity index (χ2n) is 5.81. The van der Waals surface area contributed by atoms with Crippen LogP contribution in [-0.4, -0.2) is 42.6 Å². The van der Waals surface area contributed by atoms with Crippen LogP contribution in [0.1, 0.15) is 23.9 Å². The third-order valence-corrected chi connectivity index (χ3v) is 4.18. The number of H-pyrrole nitrogens is 1. The number of para-hydroxylation sites is 1. The average Bonchev–Trinajstić information content (AvgIpc) is 3.07. The first kappa shape index (κ1) is 15.6. The number of rotatable bonds is 6. The Bertz CT molecular complexity index is 639. The van der Waals surface area contributed by atoms with Crippen LogP contribution in [-0.2, 0) is 11.2 Å². The van der Waals surface area contributed by atoms with Crippen LogP contribution < -0.4 is 15.5 Å². The predicted molar refractivity (Wildman–Crippen MR) is 90.4 cm³/mol. The molecule has 0 unspecified atom stereocenters. The van der Waals surface area contributed by atoms with E-state index in [1.807, 2.05) is 18.2 Å². The maximum Gasteiger partial charge on any atom is 0.243 e. The number of carbonyl (C=O) groups excluding carboxylic acids is 1. The van der Waals surface area contributed by atoms with E-state index in [-0.39, 0.29) is 11.9 Å². The van der Waals surface area contributed by atoms with Crippen LogP contribution in [0.15, 0.2) is 36.7 Å². The minimum absolute atomic E-state index is 0.000383. The number of fused-ring (bicyclic) bond motifs is 1. The molecule has 0 radical (unpaired) electrons. The van der Waals surface area contributed by atoms with Gasteiger partial charge in [0.1, 0.15) is 6.04 Å². The van der Waals surface area contributed by atoms with Crippen LogP contribution in [0.2, 0.25) is 0 Å². The van der Waals surface area contributed by atoms with Crippen molar-refractivity contribution in [2.75, 3.05) is 31.6 Å². The third-order valence-electron chi connectivity index (χ3n) is 4.18. The van der Waals surface area contributed by atoms with Crippen LogP contribution in [0.5, 0.6) is 0 Å². The summed E-state index contributed by atoms with van der Waals surface area (Å²) in [6, 6.07) is 9.91. The number of carbonyl (C=O) groups is 1. The minimum Gasteiger partial charge on any atom is -0.375 e. The number of aromatic amines is 1.